The minimum atomic E-state index is -0.160. The van der Waals surface area contributed by atoms with E-state index in [4.69, 9.17) is 9.72 Å². The van der Waals surface area contributed by atoms with Crippen molar-refractivity contribution in [2.45, 2.75) is 50.4 Å². The molecule has 0 radical (unpaired) electrons. The number of nitrogens with zero attached hydrogens (tertiary/aromatic N) is 3. The Morgan fingerprint density at radius 3 is 2.28 bits per heavy atom. The molecular formula is C29H29N3O3S. The zero-order chi connectivity index (χ0) is 25.1. The van der Waals surface area contributed by atoms with Gasteiger partial charge in [0.15, 0.2) is 5.16 Å². The van der Waals surface area contributed by atoms with Crippen LogP contribution in [0.3, 0.4) is 0 Å². The van der Waals surface area contributed by atoms with Gasteiger partial charge in [0.25, 0.3) is 5.56 Å². The number of benzene rings is 3. The highest BCUT2D eigenvalue weighted by Gasteiger charge is 2.29. The normalized spacial score (nSPS) is 17.8. The van der Waals surface area contributed by atoms with E-state index in [0.717, 1.165) is 25.0 Å². The van der Waals surface area contributed by atoms with E-state index in [1.165, 1.54) is 11.8 Å². The molecule has 5 rings (SSSR count). The molecule has 2 unspecified atom stereocenters. The number of fused-ring (bicyclic) bond motifs is 1. The van der Waals surface area contributed by atoms with Gasteiger partial charge in [-0.2, -0.15) is 0 Å². The molecular weight excluding hydrogens is 470 g/mol. The molecule has 1 aliphatic rings. The molecule has 4 aromatic rings. The Kier molecular flexibility index (Phi) is 7.09. The molecule has 6 nitrogen and oxygen atoms in total. The highest BCUT2D eigenvalue weighted by atomic mass is 32.2. The molecule has 1 fully saturated rings. The Bertz CT molecular complexity index is 1410. The second-order valence-corrected chi connectivity index (χ2v) is 10.1. The van der Waals surface area contributed by atoms with Crippen LogP contribution in [0.25, 0.3) is 16.6 Å². The van der Waals surface area contributed by atoms with Gasteiger partial charge in [-0.25, -0.2) is 4.98 Å². The molecule has 0 saturated carbocycles. The fourth-order valence-corrected chi connectivity index (χ4v) is 5.72. The number of ether oxygens (including phenoxy) is 1. The van der Waals surface area contributed by atoms with E-state index in [-0.39, 0.29) is 29.3 Å². The van der Waals surface area contributed by atoms with Crippen LogP contribution < -0.4 is 10.3 Å². The van der Waals surface area contributed by atoms with Gasteiger partial charge in [-0.05, 0) is 81.6 Å². The Hall–Kier alpha value is -3.58. The van der Waals surface area contributed by atoms with Gasteiger partial charge in [0.1, 0.15) is 11.5 Å². The van der Waals surface area contributed by atoms with Crippen LogP contribution in [0.5, 0.6) is 11.5 Å². The van der Waals surface area contributed by atoms with Crippen molar-refractivity contribution < 1.29 is 9.53 Å². The molecule has 1 aliphatic heterocycles. The highest BCUT2D eigenvalue weighted by molar-refractivity contribution is 7.99. The van der Waals surface area contributed by atoms with E-state index in [1.807, 2.05) is 77.7 Å². The maximum absolute atomic E-state index is 13.6. The summed E-state index contributed by atoms with van der Waals surface area (Å²) >= 11 is 1.31. The van der Waals surface area contributed by atoms with E-state index in [9.17, 15) is 9.59 Å². The Balaban J connectivity index is 1.46. The van der Waals surface area contributed by atoms with Crippen LogP contribution in [0.15, 0.2) is 88.8 Å². The third-order valence-corrected chi connectivity index (χ3v) is 7.55. The summed E-state index contributed by atoms with van der Waals surface area (Å²) in [4.78, 5) is 33.5. The van der Waals surface area contributed by atoms with Crippen molar-refractivity contribution in [1.29, 1.82) is 0 Å². The van der Waals surface area contributed by atoms with E-state index in [2.05, 4.69) is 13.8 Å². The van der Waals surface area contributed by atoms with Gasteiger partial charge in [-0.3, -0.25) is 14.2 Å². The van der Waals surface area contributed by atoms with E-state index >= 15 is 0 Å². The number of carbonyl (C=O) groups excluding carboxylic acids is 1. The first-order valence-electron chi connectivity index (χ1n) is 12.3. The fourth-order valence-electron chi connectivity index (χ4n) is 4.84. The lowest BCUT2D eigenvalue weighted by Crippen LogP contribution is -2.48. The van der Waals surface area contributed by atoms with Crippen LogP contribution in [0.2, 0.25) is 0 Å². The number of rotatable bonds is 6. The summed E-state index contributed by atoms with van der Waals surface area (Å²) in [6.45, 7) is 4.23. The summed E-state index contributed by atoms with van der Waals surface area (Å²) in [6, 6.07) is 24.7. The van der Waals surface area contributed by atoms with Crippen molar-refractivity contribution in [3.63, 3.8) is 0 Å². The number of hydrogen-bond donors (Lipinski definition) is 0. The molecule has 36 heavy (non-hydrogen) atoms. The Morgan fingerprint density at radius 1 is 0.917 bits per heavy atom. The van der Waals surface area contributed by atoms with E-state index in [1.54, 1.807) is 10.6 Å². The summed E-state index contributed by atoms with van der Waals surface area (Å²) in [6.07, 6.45) is 3.20. The molecule has 1 saturated heterocycles. The molecule has 184 valence electrons. The first-order valence-corrected chi connectivity index (χ1v) is 13.3. The van der Waals surface area contributed by atoms with Crippen molar-refractivity contribution >= 4 is 28.6 Å². The van der Waals surface area contributed by atoms with Gasteiger partial charge in [0, 0.05) is 12.1 Å². The summed E-state index contributed by atoms with van der Waals surface area (Å²) in [5.74, 6) is 1.73. The van der Waals surface area contributed by atoms with Crippen molar-refractivity contribution in [2.24, 2.45) is 0 Å². The van der Waals surface area contributed by atoms with Crippen LogP contribution in [0.4, 0.5) is 0 Å². The first-order chi connectivity index (χ1) is 17.5. The predicted molar refractivity (Wildman–Crippen MR) is 144 cm³/mol. The van der Waals surface area contributed by atoms with Crippen LogP contribution in [0, 0.1) is 0 Å². The first kappa shape index (κ1) is 24.1. The van der Waals surface area contributed by atoms with Crippen LogP contribution in [-0.2, 0) is 4.79 Å². The lowest BCUT2D eigenvalue weighted by molar-refractivity contribution is -0.134. The van der Waals surface area contributed by atoms with Crippen molar-refractivity contribution in [2.75, 3.05) is 5.75 Å². The van der Waals surface area contributed by atoms with Gasteiger partial charge in [0.05, 0.1) is 22.3 Å². The number of aromatic nitrogens is 2. The molecule has 0 bridgehead atoms. The Labute approximate surface area is 214 Å². The number of likely N-dealkylation sites (tertiary alicyclic amines) is 1. The van der Waals surface area contributed by atoms with Crippen LogP contribution >= 0.6 is 11.8 Å². The number of amides is 1. The molecule has 3 aromatic carbocycles. The maximum atomic E-state index is 13.6. The average molecular weight is 500 g/mol. The number of thioether (sulfide) groups is 1. The summed E-state index contributed by atoms with van der Waals surface area (Å²) in [5.41, 5.74) is 1.14. The lowest BCUT2D eigenvalue weighted by atomic mass is 9.98. The van der Waals surface area contributed by atoms with Gasteiger partial charge >= 0.3 is 0 Å². The lowest BCUT2D eigenvalue weighted by Gasteiger charge is -2.39. The molecule has 7 heteroatoms. The number of para-hydroxylation sites is 2. The molecule has 1 amide bonds. The zero-order valence-corrected chi connectivity index (χ0v) is 21.3. The quantitative estimate of drug-likeness (QED) is 0.238. The zero-order valence-electron chi connectivity index (χ0n) is 20.5. The van der Waals surface area contributed by atoms with Gasteiger partial charge < -0.3 is 9.64 Å². The summed E-state index contributed by atoms with van der Waals surface area (Å²) in [7, 11) is 0. The van der Waals surface area contributed by atoms with Crippen LogP contribution in [-0.4, -0.2) is 38.2 Å². The smallest absolute Gasteiger partial charge is 0.266 e. The largest absolute Gasteiger partial charge is 0.457 e. The molecule has 0 N–H and O–H groups in total. The standard InChI is InChI=1S/C29H29N3O3S/c1-20-9-8-10-21(2)31(20)27(33)19-36-29-30-26-14-7-6-13-25(26)28(34)32(29)22-15-17-24(18-16-22)35-23-11-4-3-5-12-23/h3-7,11-18,20-21H,8-10,19H2,1-2H3. The highest BCUT2D eigenvalue weighted by Crippen LogP contribution is 2.27. The predicted octanol–water partition coefficient (Wildman–Crippen LogP) is 6.06. The monoisotopic (exact) mass is 499 g/mol. The minimum Gasteiger partial charge on any atom is -0.457 e. The average Bonchev–Trinajstić information content (AvgIpc) is 2.89. The van der Waals surface area contributed by atoms with Gasteiger partial charge in [0.2, 0.25) is 5.91 Å². The maximum Gasteiger partial charge on any atom is 0.266 e. The minimum absolute atomic E-state index is 0.0836. The van der Waals surface area contributed by atoms with Crippen molar-refractivity contribution in [1.82, 2.24) is 14.5 Å². The second kappa shape index (κ2) is 10.6. The number of hydrogen-bond acceptors (Lipinski definition) is 5. The molecule has 2 heterocycles. The second-order valence-electron chi connectivity index (χ2n) is 9.18. The SMILES string of the molecule is CC1CCCC(C)N1C(=O)CSc1nc2ccccc2c(=O)n1-c1ccc(Oc2ccccc2)cc1. The van der Waals surface area contributed by atoms with Crippen LogP contribution in [0.1, 0.15) is 33.1 Å². The molecule has 1 aromatic heterocycles. The van der Waals surface area contributed by atoms with Gasteiger partial charge in [-0.1, -0.05) is 42.1 Å². The third kappa shape index (κ3) is 5.02. The molecule has 2 atom stereocenters. The van der Waals surface area contributed by atoms with E-state index in [0.29, 0.717) is 27.5 Å². The Morgan fingerprint density at radius 2 is 1.56 bits per heavy atom. The van der Waals surface area contributed by atoms with Crippen molar-refractivity contribution in [3.05, 3.63) is 89.2 Å². The van der Waals surface area contributed by atoms with E-state index < -0.39 is 0 Å². The third-order valence-electron chi connectivity index (χ3n) is 6.63. The van der Waals surface area contributed by atoms with Crippen molar-refractivity contribution in [3.8, 4) is 17.2 Å². The number of piperidine rings is 1. The summed E-state index contributed by atoms with van der Waals surface area (Å²) < 4.78 is 7.50. The molecule has 0 spiro atoms. The fraction of sp³-hybridized carbons (Fsp3) is 0.276. The number of carbonyl (C=O) groups is 1. The van der Waals surface area contributed by atoms with Gasteiger partial charge in [-0.15, -0.1) is 0 Å². The summed E-state index contributed by atoms with van der Waals surface area (Å²) in [5, 5.41) is 1.04. The topological polar surface area (TPSA) is 64.4 Å². The molecule has 0 aliphatic carbocycles.